The van der Waals surface area contributed by atoms with Crippen LogP contribution < -0.4 is 0 Å². The third-order valence-corrected chi connectivity index (χ3v) is 4.67. The number of thiazole rings is 1. The van der Waals surface area contributed by atoms with Gasteiger partial charge in [-0.15, -0.1) is 0 Å². The summed E-state index contributed by atoms with van der Waals surface area (Å²) in [6.07, 6.45) is 2.08. The molecular formula is C16H11ClN2S. The molecule has 0 fully saturated rings. The Bertz CT molecular complexity index is 919. The van der Waals surface area contributed by atoms with Gasteiger partial charge in [0.1, 0.15) is 0 Å². The molecule has 0 saturated heterocycles. The zero-order valence-electron chi connectivity index (χ0n) is 10.8. The molecule has 20 heavy (non-hydrogen) atoms. The van der Waals surface area contributed by atoms with Crippen LogP contribution in [0.5, 0.6) is 0 Å². The van der Waals surface area contributed by atoms with Gasteiger partial charge in [-0.1, -0.05) is 52.8 Å². The first-order valence-electron chi connectivity index (χ1n) is 6.35. The van der Waals surface area contributed by atoms with E-state index in [1.54, 1.807) is 11.3 Å². The van der Waals surface area contributed by atoms with Crippen LogP contribution >= 0.6 is 22.9 Å². The molecule has 2 heterocycles. The highest BCUT2D eigenvalue weighted by molar-refractivity contribution is 7.23. The summed E-state index contributed by atoms with van der Waals surface area (Å²) < 4.78 is 3.31. The van der Waals surface area contributed by atoms with E-state index in [2.05, 4.69) is 41.8 Å². The highest BCUT2D eigenvalue weighted by atomic mass is 35.5. The number of aryl methyl sites for hydroxylation is 1. The molecule has 0 aliphatic rings. The molecule has 4 aromatic rings. The van der Waals surface area contributed by atoms with Crippen molar-refractivity contribution in [1.82, 2.24) is 9.38 Å². The van der Waals surface area contributed by atoms with E-state index < -0.39 is 0 Å². The Morgan fingerprint density at radius 2 is 1.90 bits per heavy atom. The van der Waals surface area contributed by atoms with Crippen molar-refractivity contribution in [3.8, 4) is 11.3 Å². The van der Waals surface area contributed by atoms with Crippen molar-refractivity contribution in [2.24, 2.45) is 0 Å². The lowest BCUT2D eigenvalue weighted by molar-refractivity contribution is 1.30. The van der Waals surface area contributed by atoms with Crippen LogP contribution in [0.1, 0.15) is 5.56 Å². The third-order valence-electron chi connectivity index (χ3n) is 3.40. The Hall–Kier alpha value is -1.84. The zero-order valence-corrected chi connectivity index (χ0v) is 12.4. The van der Waals surface area contributed by atoms with Crippen molar-refractivity contribution in [3.05, 3.63) is 59.2 Å². The quantitative estimate of drug-likeness (QED) is 0.473. The summed E-state index contributed by atoms with van der Waals surface area (Å²) in [5.41, 5.74) is 4.51. The average molecular weight is 299 g/mol. The second-order valence-electron chi connectivity index (χ2n) is 4.86. The topological polar surface area (TPSA) is 17.3 Å². The molecule has 0 unspecified atom stereocenters. The van der Waals surface area contributed by atoms with Crippen LogP contribution in [0.4, 0.5) is 0 Å². The minimum absolute atomic E-state index is 0.753. The molecule has 0 amide bonds. The summed E-state index contributed by atoms with van der Waals surface area (Å²) in [6, 6.07) is 14.4. The second kappa shape index (κ2) is 4.33. The van der Waals surface area contributed by atoms with Crippen LogP contribution in [0.25, 0.3) is 26.4 Å². The minimum atomic E-state index is 0.753. The van der Waals surface area contributed by atoms with Crippen molar-refractivity contribution in [2.45, 2.75) is 6.92 Å². The molecule has 0 aliphatic heterocycles. The number of benzene rings is 2. The zero-order chi connectivity index (χ0) is 13.7. The molecule has 4 rings (SSSR count). The first-order valence-corrected chi connectivity index (χ1v) is 7.54. The summed E-state index contributed by atoms with van der Waals surface area (Å²) in [7, 11) is 0. The summed E-state index contributed by atoms with van der Waals surface area (Å²) >= 11 is 7.77. The van der Waals surface area contributed by atoms with Crippen LogP contribution in [0.2, 0.25) is 5.02 Å². The molecule has 2 nitrogen and oxygen atoms in total. The number of hydrogen-bond donors (Lipinski definition) is 0. The normalized spacial score (nSPS) is 11.5. The Labute approximate surface area is 125 Å². The lowest BCUT2D eigenvalue weighted by Crippen LogP contribution is -1.78. The molecule has 2 aromatic heterocycles. The molecule has 0 bridgehead atoms. The van der Waals surface area contributed by atoms with Crippen molar-refractivity contribution in [3.63, 3.8) is 0 Å². The minimum Gasteiger partial charge on any atom is -0.290 e. The monoisotopic (exact) mass is 298 g/mol. The Balaban J connectivity index is 1.94. The van der Waals surface area contributed by atoms with Gasteiger partial charge in [-0.25, -0.2) is 4.98 Å². The first kappa shape index (κ1) is 11.9. The van der Waals surface area contributed by atoms with Gasteiger partial charge in [0.25, 0.3) is 0 Å². The number of aromatic nitrogens is 2. The van der Waals surface area contributed by atoms with E-state index in [0.717, 1.165) is 26.8 Å². The van der Waals surface area contributed by atoms with Gasteiger partial charge in [-0.2, -0.15) is 0 Å². The third kappa shape index (κ3) is 1.82. The van der Waals surface area contributed by atoms with Gasteiger partial charge < -0.3 is 0 Å². The van der Waals surface area contributed by atoms with Crippen molar-refractivity contribution >= 4 is 38.1 Å². The fourth-order valence-corrected chi connectivity index (χ4v) is 3.49. The fraction of sp³-hybridized carbons (Fsp3) is 0.0625. The number of halogens is 1. The predicted molar refractivity (Wildman–Crippen MR) is 85.8 cm³/mol. The molecule has 0 aliphatic carbocycles. The van der Waals surface area contributed by atoms with Gasteiger partial charge in [0.2, 0.25) is 0 Å². The lowest BCUT2D eigenvalue weighted by atomic mass is 10.1. The van der Waals surface area contributed by atoms with E-state index in [4.69, 9.17) is 16.6 Å². The Morgan fingerprint density at radius 1 is 1.10 bits per heavy atom. The van der Waals surface area contributed by atoms with Gasteiger partial charge in [0, 0.05) is 16.8 Å². The molecule has 0 N–H and O–H groups in total. The predicted octanol–water partition coefficient (Wildman–Crippen LogP) is 5.18. The SMILES string of the molecule is Cc1ccc(-c2cn3c(n2)sc2ccc(Cl)cc23)cc1. The highest BCUT2D eigenvalue weighted by Crippen LogP contribution is 2.30. The van der Waals surface area contributed by atoms with Crippen LogP contribution in [0.15, 0.2) is 48.7 Å². The van der Waals surface area contributed by atoms with Crippen molar-refractivity contribution < 1.29 is 0 Å². The fourth-order valence-electron chi connectivity index (χ4n) is 2.33. The van der Waals surface area contributed by atoms with Gasteiger partial charge in [0.05, 0.1) is 15.9 Å². The number of hydrogen-bond acceptors (Lipinski definition) is 2. The molecule has 0 saturated carbocycles. The molecule has 0 spiro atoms. The Kier molecular flexibility index (Phi) is 2.59. The first-order chi connectivity index (χ1) is 9.70. The maximum absolute atomic E-state index is 6.09. The van der Waals surface area contributed by atoms with Crippen molar-refractivity contribution in [1.29, 1.82) is 0 Å². The van der Waals surface area contributed by atoms with E-state index in [1.807, 2.05) is 18.2 Å². The summed E-state index contributed by atoms with van der Waals surface area (Å²) in [5, 5.41) is 0.753. The van der Waals surface area contributed by atoms with Crippen molar-refractivity contribution in [2.75, 3.05) is 0 Å². The average Bonchev–Trinajstić information content (AvgIpc) is 2.98. The standard InChI is InChI=1S/C16H11ClN2S/c1-10-2-4-11(5-3-10)13-9-19-14-8-12(17)6-7-15(14)20-16(19)18-13/h2-9H,1H3. The van der Waals surface area contributed by atoms with E-state index in [-0.39, 0.29) is 0 Å². The second-order valence-corrected chi connectivity index (χ2v) is 6.30. The summed E-state index contributed by atoms with van der Waals surface area (Å²) in [4.78, 5) is 5.72. The van der Waals surface area contributed by atoms with Crippen LogP contribution in [0, 0.1) is 6.92 Å². The van der Waals surface area contributed by atoms with Gasteiger partial charge in [-0.3, -0.25) is 4.40 Å². The Morgan fingerprint density at radius 3 is 2.70 bits per heavy atom. The van der Waals surface area contributed by atoms with Gasteiger partial charge in [0.15, 0.2) is 4.96 Å². The van der Waals surface area contributed by atoms with E-state index in [9.17, 15) is 0 Å². The largest absolute Gasteiger partial charge is 0.290 e. The molecule has 0 radical (unpaired) electrons. The van der Waals surface area contributed by atoms with Gasteiger partial charge in [-0.05, 0) is 25.1 Å². The van der Waals surface area contributed by atoms with E-state index in [1.165, 1.54) is 10.3 Å². The maximum atomic E-state index is 6.09. The smallest absolute Gasteiger partial charge is 0.195 e. The molecule has 98 valence electrons. The van der Waals surface area contributed by atoms with E-state index >= 15 is 0 Å². The summed E-state index contributed by atoms with van der Waals surface area (Å²) in [6.45, 7) is 2.09. The molecular weight excluding hydrogens is 288 g/mol. The summed E-state index contributed by atoms with van der Waals surface area (Å²) in [5.74, 6) is 0. The number of nitrogens with zero attached hydrogens (tertiary/aromatic N) is 2. The van der Waals surface area contributed by atoms with E-state index in [0.29, 0.717) is 0 Å². The number of fused-ring (bicyclic) bond motifs is 3. The molecule has 2 aromatic carbocycles. The van der Waals surface area contributed by atoms with Crippen LogP contribution in [-0.4, -0.2) is 9.38 Å². The lowest BCUT2D eigenvalue weighted by Gasteiger charge is -1.97. The van der Waals surface area contributed by atoms with Gasteiger partial charge >= 0.3 is 0 Å². The van der Waals surface area contributed by atoms with Crippen LogP contribution in [0.3, 0.4) is 0 Å². The maximum Gasteiger partial charge on any atom is 0.195 e. The van der Waals surface area contributed by atoms with Crippen LogP contribution in [-0.2, 0) is 0 Å². The number of rotatable bonds is 1. The highest BCUT2D eigenvalue weighted by Gasteiger charge is 2.10. The number of imidazole rings is 1. The molecule has 0 atom stereocenters. The molecule has 4 heteroatoms.